The normalized spacial score (nSPS) is 10.6. The smallest absolute Gasteiger partial charge is 0.251 e. The van der Waals surface area contributed by atoms with Crippen molar-refractivity contribution in [3.63, 3.8) is 0 Å². The lowest BCUT2D eigenvalue weighted by Gasteiger charge is -2.05. The highest BCUT2D eigenvalue weighted by Gasteiger charge is 2.04. The van der Waals surface area contributed by atoms with Crippen LogP contribution in [-0.2, 0) is 13.6 Å². The maximum Gasteiger partial charge on any atom is 0.251 e. The van der Waals surface area contributed by atoms with E-state index in [1.807, 2.05) is 24.9 Å². The van der Waals surface area contributed by atoms with Crippen LogP contribution in [0.25, 0.3) is 0 Å². The molecule has 0 aliphatic rings. The average Bonchev–Trinajstić information content (AvgIpc) is 2.54. The first-order valence-corrected chi connectivity index (χ1v) is 5.26. The van der Waals surface area contributed by atoms with E-state index in [1.165, 1.54) is 6.07 Å². The van der Waals surface area contributed by atoms with Crippen molar-refractivity contribution in [1.29, 1.82) is 0 Å². The molecule has 6 heteroatoms. The molecule has 0 saturated heterocycles. The number of hydrogen-bond donors (Lipinski definition) is 1. The number of aryl methyl sites for hydroxylation is 1. The van der Waals surface area contributed by atoms with Gasteiger partial charge in [-0.15, -0.1) is 0 Å². The van der Waals surface area contributed by atoms with Gasteiger partial charge in [-0.1, -0.05) is 0 Å². The van der Waals surface area contributed by atoms with E-state index in [1.54, 1.807) is 10.8 Å². The van der Waals surface area contributed by atoms with Gasteiger partial charge in [0.15, 0.2) is 4.77 Å². The van der Waals surface area contributed by atoms with Crippen molar-refractivity contribution in [2.24, 2.45) is 7.05 Å². The van der Waals surface area contributed by atoms with Crippen molar-refractivity contribution in [2.75, 3.05) is 0 Å². The Bertz CT molecular complexity index is 622. The number of rotatable bonds is 2. The van der Waals surface area contributed by atoms with E-state index < -0.39 is 0 Å². The third-order valence-corrected chi connectivity index (χ3v) is 2.91. The van der Waals surface area contributed by atoms with Crippen molar-refractivity contribution in [3.05, 3.63) is 44.8 Å². The van der Waals surface area contributed by atoms with Gasteiger partial charge < -0.3 is 4.57 Å². The molecule has 2 aromatic rings. The third-order valence-electron chi connectivity index (χ3n) is 2.57. The molecule has 0 aliphatic carbocycles. The Morgan fingerprint density at radius 3 is 2.88 bits per heavy atom. The van der Waals surface area contributed by atoms with Crippen molar-refractivity contribution < 1.29 is 0 Å². The van der Waals surface area contributed by atoms with Crippen LogP contribution in [0.5, 0.6) is 0 Å². The van der Waals surface area contributed by atoms with Crippen molar-refractivity contribution >= 4 is 12.2 Å². The summed E-state index contributed by atoms with van der Waals surface area (Å²) in [6, 6.07) is 1.46. The maximum atomic E-state index is 11.0. The zero-order valence-electron chi connectivity index (χ0n) is 9.10. The minimum absolute atomic E-state index is 0.177. The second kappa shape index (κ2) is 4.05. The van der Waals surface area contributed by atoms with Gasteiger partial charge in [0, 0.05) is 30.6 Å². The van der Waals surface area contributed by atoms with Crippen LogP contribution in [0.2, 0.25) is 0 Å². The van der Waals surface area contributed by atoms with Gasteiger partial charge in [-0.2, -0.15) is 5.10 Å². The molecule has 0 spiro atoms. The Labute approximate surface area is 97.4 Å². The molecule has 2 heterocycles. The van der Waals surface area contributed by atoms with E-state index in [9.17, 15) is 4.79 Å². The van der Waals surface area contributed by atoms with Gasteiger partial charge in [0.2, 0.25) is 0 Å². The summed E-state index contributed by atoms with van der Waals surface area (Å²) in [5.74, 6) is 0. The molecule has 0 radical (unpaired) electrons. The van der Waals surface area contributed by atoms with Gasteiger partial charge in [-0.05, 0) is 19.1 Å². The number of aromatic amines is 1. The number of hydrogen-bond acceptors (Lipinski definition) is 3. The molecule has 2 rings (SSSR count). The van der Waals surface area contributed by atoms with Gasteiger partial charge in [0.25, 0.3) is 5.56 Å². The van der Waals surface area contributed by atoms with Gasteiger partial charge in [-0.25, -0.2) is 0 Å². The Morgan fingerprint density at radius 2 is 2.31 bits per heavy atom. The van der Waals surface area contributed by atoms with Crippen LogP contribution in [0.1, 0.15) is 11.3 Å². The topological polar surface area (TPSA) is 55.6 Å². The molecule has 84 valence electrons. The molecule has 0 amide bonds. The molecular weight excluding hydrogens is 224 g/mol. The highest BCUT2D eigenvalue weighted by Crippen LogP contribution is 2.07. The first-order chi connectivity index (χ1) is 7.58. The summed E-state index contributed by atoms with van der Waals surface area (Å²) in [7, 11) is 1.89. The lowest BCUT2D eigenvalue weighted by Crippen LogP contribution is -2.12. The van der Waals surface area contributed by atoms with Crippen LogP contribution in [0.3, 0.4) is 0 Å². The summed E-state index contributed by atoms with van der Waals surface area (Å²) in [4.78, 5) is 13.6. The lowest BCUT2D eigenvalue weighted by atomic mass is 10.2. The fourth-order valence-electron chi connectivity index (χ4n) is 1.45. The predicted octanol–water partition coefficient (Wildman–Crippen LogP) is 0.996. The van der Waals surface area contributed by atoms with E-state index in [4.69, 9.17) is 12.2 Å². The number of nitrogens with zero attached hydrogens (tertiary/aromatic N) is 3. The second-order valence-corrected chi connectivity index (χ2v) is 4.00. The summed E-state index contributed by atoms with van der Waals surface area (Å²) in [5, 5.41) is 4.16. The second-order valence-electron chi connectivity index (χ2n) is 3.62. The fourth-order valence-corrected chi connectivity index (χ4v) is 1.68. The summed E-state index contributed by atoms with van der Waals surface area (Å²) in [6.07, 6.45) is 3.50. The molecule has 1 N–H and O–H groups in total. The zero-order chi connectivity index (χ0) is 11.7. The van der Waals surface area contributed by atoms with Crippen LogP contribution < -0.4 is 5.56 Å². The lowest BCUT2D eigenvalue weighted by molar-refractivity contribution is 0.720. The molecule has 0 aromatic carbocycles. The SMILES string of the molecule is Cc1c(Cn2ccc(=O)[nH]c2=S)cnn1C. The highest BCUT2D eigenvalue weighted by molar-refractivity contribution is 7.71. The molecule has 5 nitrogen and oxygen atoms in total. The summed E-state index contributed by atoms with van der Waals surface area (Å²) >= 11 is 5.07. The van der Waals surface area contributed by atoms with Crippen LogP contribution in [0, 0.1) is 11.7 Å². The predicted molar refractivity (Wildman–Crippen MR) is 62.9 cm³/mol. The molecular formula is C10H12N4OS. The minimum Gasteiger partial charge on any atom is -0.321 e. The number of nitrogens with one attached hydrogen (secondary N) is 1. The summed E-state index contributed by atoms with van der Waals surface area (Å²) in [6.45, 7) is 2.62. The monoisotopic (exact) mass is 236 g/mol. The van der Waals surface area contributed by atoms with E-state index in [0.29, 0.717) is 11.3 Å². The third kappa shape index (κ3) is 1.96. The molecule has 0 unspecified atom stereocenters. The van der Waals surface area contributed by atoms with Crippen LogP contribution in [-0.4, -0.2) is 19.3 Å². The highest BCUT2D eigenvalue weighted by atomic mass is 32.1. The Kier molecular flexibility index (Phi) is 2.74. The van der Waals surface area contributed by atoms with Crippen molar-refractivity contribution in [3.8, 4) is 0 Å². The summed E-state index contributed by atoms with van der Waals surface area (Å²) < 4.78 is 4.04. The van der Waals surface area contributed by atoms with Crippen LogP contribution >= 0.6 is 12.2 Å². The van der Waals surface area contributed by atoms with Gasteiger partial charge in [0.05, 0.1) is 12.7 Å². The van der Waals surface area contributed by atoms with E-state index >= 15 is 0 Å². The molecule has 0 saturated carbocycles. The molecule has 0 atom stereocenters. The quantitative estimate of drug-likeness (QED) is 0.791. The van der Waals surface area contributed by atoms with Crippen molar-refractivity contribution in [1.82, 2.24) is 19.3 Å². The molecule has 0 bridgehead atoms. The molecule has 0 aliphatic heterocycles. The minimum atomic E-state index is -0.177. The average molecular weight is 236 g/mol. The largest absolute Gasteiger partial charge is 0.321 e. The van der Waals surface area contributed by atoms with Crippen LogP contribution in [0.15, 0.2) is 23.3 Å². The molecule has 2 aromatic heterocycles. The van der Waals surface area contributed by atoms with E-state index in [0.717, 1.165) is 11.3 Å². The summed E-state index contributed by atoms with van der Waals surface area (Å²) in [5.41, 5.74) is 2.00. The van der Waals surface area contributed by atoms with E-state index in [-0.39, 0.29) is 5.56 Å². The standard InChI is InChI=1S/C10H12N4OS/c1-7-8(5-11-13(7)2)6-14-4-3-9(15)12-10(14)16/h3-5H,6H2,1-2H3,(H,12,15,16). The fraction of sp³-hybridized carbons (Fsp3) is 0.300. The Balaban J connectivity index is 2.38. The zero-order valence-corrected chi connectivity index (χ0v) is 9.91. The number of aromatic nitrogens is 4. The van der Waals surface area contributed by atoms with Crippen molar-refractivity contribution in [2.45, 2.75) is 13.5 Å². The van der Waals surface area contributed by atoms with Crippen LogP contribution in [0.4, 0.5) is 0 Å². The maximum absolute atomic E-state index is 11.0. The van der Waals surface area contributed by atoms with Gasteiger partial charge in [-0.3, -0.25) is 14.5 Å². The Morgan fingerprint density at radius 1 is 1.56 bits per heavy atom. The van der Waals surface area contributed by atoms with E-state index in [2.05, 4.69) is 10.1 Å². The van der Waals surface area contributed by atoms with Gasteiger partial charge >= 0.3 is 0 Å². The molecule has 16 heavy (non-hydrogen) atoms. The molecule has 0 fully saturated rings. The first kappa shape index (κ1) is 10.8. The van der Waals surface area contributed by atoms with Gasteiger partial charge in [0.1, 0.15) is 0 Å². The Hall–Kier alpha value is -1.69. The number of H-pyrrole nitrogens is 1. The first-order valence-electron chi connectivity index (χ1n) is 4.85.